The Balaban J connectivity index is 2.22. The Morgan fingerprint density at radius 1 is 1.24 bits per heavy atom. The van der Waals surface area contributed by atoms with Gasteiger partial charge >= 0.3 is 0 Å². The molecular formula is C15H15N3O2S. The molecule has 21 heavy (non-hydrogen) atoms. The van der Waals surface area contributed by atoms with E-state index >= 15 is 0 Å². The third kappa shape index (κ3) is 3.40. The third-order valence-electron chi connectivity index (χ3n) is 3.14. The maximum absolute atomic E-state index is 12.3. The second-order valence-electron chi connectivity index (χ2n) is 4.61. The normalized spacial score (nSPS) is 11.0. The molecule has 5 nitrogen and oxygen atoms in total. The molecule has 2 rings (SSSR count). The van der Waals surface area contributed by atoms with Gasteiger partial charge in [0.15, 0.2) is 0 Å². The van der Waals surface area contributed by atoms with Crippen molar-refractivity contribution in [3.63, 3.8) is 0 Å². The number of sulfonamides is 1. The monoisotopic (exact) mass is 301 g/mol. The number of nitrogens with one attached hydrogen (secondary N) is 1. The Hall–Kier alpha value is -2.36. The van der Waals surface area contributed by atoms with Crippen LogP contribution in [0.1, 0.15) is 16.7 Å². The highest BCUT2D eigenvalue weighted by Crippen LogP contribution is 2.20. The maximum Gasteiger partial charge on any atom is 0.241 e. The predicted molar refractivity (Wildman–Crippen MR) is 80.8 cm³/mol. The Bertz CT molecular complexity index is 808. The van der Waals surface area contributed by atoms with Crippen LogP contribution in [0.25, 0.3) is 0 Å². The number of nitrogen functional groups attached to an aromatic ring is 1. The number of nitriles is 1. The van der Waals surface area contributed by atoms with E-state index in [0.29, 0.717) is 16.8 Å². The van der Waals surface area contributed by atoms with Crippen molar-refractivity contribution in [3.8, 4) is 6.07 Å². The fraction of sp³-hybridized carbons (Fsp3) is 0.133. The number of rotatable bonds is 4. The van der Waals surface area contributed by atoms with Gasteiger partial charge in [-0.3, -0.25) is 0 Å². The van der Waals surface area contributed by atoms with Gasteiger partial charge in [-0.2, -0.15) is 5.26 Å². The zero-order valence-corrected chi connectivity index (χ0v) is 12.3. The smallest absolute Gasteiger partial charge is 0.241 e. The van der Waals surface area contributed by atoms with E-state index in [2.05, 4.69) is 4.72 Å². The average Bonchev–Trinajstić information content (AvgIpc) is 2.48. The maximum atomic E-state index is 12.3. The van der Waals surface area contributed by atoms with Crippen molar-refractivity contribution in [2.45, 2.75) is 18.4 Å². The lowest BCUT2D eigenvalue weighted by Gasteiger charge is -2.11. The highest BCUT2D eigenvalue weighted by atomic mass is 32.2. The minimum Gasteiger partial charge on any atom is -0.398 e. The van der Waals surface area contributed by atoms with E-state index in [4.69, 9.17) is 11.0 Å². The average molecular weight is 301 g/mol. The van der Waals surface area contributed by atoms with Crippen LogP contribution in [0, 0.1) is 18.3 Å². The number of benzene rings is 2. The largest absolute Gasteiger partial charge is 0.398 e. The molecule has 2 aromatic carbocycles. The predicted octanol–water partition coefficient (Wildman–Crippen LogP) is 1.93. The number of hydrogen-bond donors (Lipinski definition) is 2. The Kier molecular flexibility index (Phi) is 4.26. The number of anilines is 1. The molecule has 0 saturated heterocycles. The van der Waals surface area contributed by atoms with Crippen molar-refractivity contribution in [1.82, 2.24) is 4.72 Å². The second-order valence-corrected chi connectivity index (χ2v) is 6.34. The molecule has 2 aromatic rings. The van der Waals surface area contributed by atoms with Crippen molar-refractivity contribution >= 4 is 15.7 Å². The van der Waals surface area contributed by atoms with E-state index in [1.54, 1.807) is 43.3 Å². The molecule has 6 heteroatoms. The van der Waals surface area contributed by atoms with Gasteiger partial charge < -0.3 is 5.73 Å². The molecular weight excluding hydrogens is 286 g/mol. The molecule has 0 unspecified atom stereocenters. The van der Waals surface area contributed by atoms with Gasteiger partial charge in [-0.25, -0.2) is 13.1 Å². The summed E-state index contributed by atoms with van der Waals surface area (Å²) in [6.07, 6.45) is 0. The molecule has 0 atom stereocenters. The van der Waals surface area contributed by atoms with Crippen LogP contribution in [0.5, 0.6) is 0 Å². The van der Waals surface area contributed by atoms with E-state index in [9.17, 15) is 8.42 Å². The molecule has 0 radical (unpaired) electrons. The van der Waals surface area contributed by atoms with Gasteiger partial charge in [0.25, 0.3) is 0 Å². The molecule has 0 aliphatic heterocycles. The van der Waals surface area contributed by atoms with E-state index < -0.39 is 10.0 Å². The van der Waals surface area contributed by atoms with E-state index in [1.807, 2.05) is 6.07 Å². The molecule has 0 aromatic heterocycles. The first-order chi connectivity index (χ1) is 9.94. The topological polar surface area (TPSA) is 96.0 Å². The standard InChI is InChI=1S/C15H15N3O2S/c1-11-14(17)6-3-7-15(11)21(19,20)18-10-13-5-2-4-12(8-13)9-16/h2-8,18H,10,17H2,1H3. The Labute approximate surface area is 124 Å². The van der Waals surface area contributed by atoms with E-state index in [0.717, 1.165) is 5.56 Å². The zero-order chi connectivity index (χ0) is 15.5. The highest BCUT2D eigenvalue weighted by Gasteiger charge is 2.17. The molecule has 0 fully saturated rings. The van der Waals surface area contributed by atoms with Crippen molar-refractivity contribution < 1.29 is 8.42 Å². The number of nitrogens with two attached hydrogens (primary N) is 1. The fourth-order valence-electron chi connectivity index (χ4n) is 1.93. The number of hydrogen-bond acceptors (Lipinski definition) is 4. The first kappa shape index (κ1) is 15.0. The van der Waals surface area contributed by atoms with Gasteiger partial charge in [-0.15, -0.1) is 0 Å². The van der Waals surface area contributed by atoms with Gasteiger partial charge in [-0.1, -0.05) is 18.2 Å². The lowest BCUT2D eigenvalue weighted by molar-refractivity contribution is 0.580. The zero-order valence-electron chi connectivity index (χ0n) is 11.5. The summed E-state index contributed by atoms with van der Waals surface area (Å²) in [5.41, 5.74) is 7.91. The molecule has 0 saturated carbocycles. The summed E-state index contributed by atoms with van der Waals surface area (Å²) in [4.78, 5) is 0.166. The lowest BCUT2D eigenvalue weighted by Crippen LogP contribution is -2.24. The van der Waals surface area contributed by atoms with Crippen LogP contribution < -0.4 is 10.5 Å². The fourth-order valence-corrected chi connectivity index (χ4v) is 3.22. The summed E-state index contributed by atoms with van der Waals surface area (Å²) in [5, 5.41) is 8.83. The molecule has 0 spiro atoms. The van der Waals surface area contributed by atoms with Crippen LogP contribution in [0.4, 0.5) is 5.69 Å². The first-order valence-electron chi connectivity index (χ1n) is 6.28. The molecule has 3 N–H and O–H groups in total. The van der Waals surface area contributed by atoms with E-state index in [-0.39, 0.29) is 11.4 Å². The van der Waals surface area contributed by atoms with Crippen LogP contribution in [0.15, 0.2) is 47.4 Å². The Morgan fingerprint density at radius 3 is 2.67 bits per heavy atom. The summed E-state index contributed by atoms with van der Waals surface area (Å²) in [6.45, 7) is 1.78. The molecule has 108 valence electrons. The van der Waals surface area contributed by atoms with Crippen LogP contribution in [0.3, 0.4) is 0 Å². The second kappa shape index (κ2) is 5.95. The van der Waals surface area contributed by atoms with Crippen molar-refractivity contribution in [2.24, 2.45) is 0 Å². The Morgan fingerprint density at radius 2 is 1.95 bits per heavy atom. The van der Waals surface area contributed by atoms with Crippen LogP contribution in [0.2, 0.25) is 0 Å². The van der Waals surface area contributed by atoms with Gasteiger partial charge in [0.2, 0.25) is 10.0 Å². The van der Waals surface area contributed by atoms with Gasteiger partial charge in [-0.05, 0) is 42.3 Å². The number of nitrogens with zero attached hydrogens (tertiary/aromatic N) is 1. The third-order valence-corrected chi connectivity index (χ3v) is 4.68. The van der Waals surface area contributed by atoms with Crippen LogP contribution in [-0.4, -0.2) is 8.42 Å². The quantitative estimate of drug-likeness (QED) is 0.843. The van der Waals surface area contributed by atoms with Crippen molar-refractivity contribution in [3.05, 3.63) is 59.2 Å². The molecule has 0 bridgehead atoms. The van der Waals surface area contributed by atoms with Crippen molar-refractivity contribution in [2.75, 3.05) is 5.73 Å². The van der Waals surface area contributed by atoms with E-state index in [1.165, 1.54) is 6.07 Å². The summed E-state index contributed by atoms with van der Waals surface area (Å²) < 4.78 is 27.1. The molecule has 0 aliphatic carbocycles. The van der Waals surface area contributed by atoms with Crippen LogP contribution in [-0.2, 0) is 16.6 Å². The minimum atomic E-state index is -3.64. The summed E-state index contributed by atoms with van der Waals surface area (Å²) in [6, 6.07) is 13.6. The summed E-state index contributed by atoms with van der Waals surface area (Å²) >= 11 is 0. The lowest BCUT2D eigenvalue weighted by atomic mass is 10.1. The SMILES string of the molecule is Cc1c(N)cccc1S(=O)(=O)NCc1cccc(C#N)c1. The van der Waals surface area contributed by atoms with Gasteiger partial charge in [0.1, 0.15) is 0 Å². The summed E-state index contributed by atoms with van der Waals surface area (Å²) in [7, 11) is -3.64. The van der Waals surface area contributed by atoms with Crippen molar-refractivity contribution in [1.29, 1.82) is 5.26 Å². The first-order valence-corrected chi connectivity index (χ1v) is 7.76. The molecule has 0 heterocycles. The minimum absolute atomic E-state index is 0.117. The van der Waals surface area contributed by atoms with Gasteiger partial charge in [0.05, 0.1) is 16.5 Å². The van der Waals surface area contributed by atoms with Gasteiger partial charge in [0, 0.05) is 12.2 Å². The highest BCUT2D eigenvalue weighted by molar-refractivity contribution is 7.89. The van der Waals surface area contributed by atoms with Crippen LogP contribution >= 0.6 is 0 Å². The summed E-state index contributed by atoms with van der Waals surface area (Å²) in [5.74, 6) is 0. The molecule has 0 amide bonds. The molecule has 0 aliphatic rings.